The van der Waals surface area contributed by atoms with Crippen LogP contribution in [-0.2, 0) is 4.79 Å². The molecule has 0 saturated carbocycles. The zero-order chi connectivity index (χ0) is 19.8. The van der Waals surface area contributed by atoms with Crippen molar-refractivity contribution in [3.63, 3.8) is 0 Å². The highest BCUT2D eigenvalue weighted by atomic mass is 35.5. The molecule has 0 fully saturated rings. The fourth-order valence-corrected chi connectivity index (χ4v) is 3.38. The Balaban J connectivity index is 1.86. The van der Waals surface area contributed by atoms with Gasteiger partial charge in [0, 0.05) is 23.2 Å². The molecule has 1 unspecified atom stereocenters. The minimum atomic E-state index is -0.628. The van der Waals surface area contributed by atoms with Gasteiger partial charge in [-0.2, -0.15) is 4.98 Å². The molecule has 142 valence electrons. The maximum Gasteiger partial charge on any atom is 0.250 e. The Morgan fingerprint density at radius 1 is 1.25 bits per heavy atom. The number of hydrogen-bond acceptors (Lipinski definition) is 4. The van der Waals surface area contributed by atoms with E-state index in [2.05, 4.69) is 20.7 Å². The smallest absolute Gasteiger partial charge is 0.250 e. The number of hydrogen-bond donors (Lipinski definition) is 2. The molecule has 28 heavy (non-hydrogen) atoms. The molecule has 6 nitrogen and oxygen atoms in total. The Morgan fingerprint density at radius 3 is 2.68 bits per heavy atom. The van der Waals surface area contributed by atoms with Gasteiger partial charge in [0.05, 0.1) is 0 Å². The Bertz CT molecular complexity index is 1070. The van der Waals surface area contributed by atoms with E-state index in [-0.39, 0.29) is 22.4 Å². The monoisotopic (exact) mass is 397 g/mol. The largest absolute Gasteiger partial charge is 0.324 e. The topological polar surface area (TPSA) is 71.8 Å². The molecule has 1 atom stereocenters. The molecule has 1 aromatic heterocycles. The molecule has 2 heterocycles. The van der Waals surface area contributed by atoms with Crippen molar-refractivity contribution in [3.05, 3.63) is 76.1 Å². The number of aryl methyl sites for hydroxylation is 1. The van der Waals surface area contributed by atoms with E-state index in [4.69, 9.17) is 11.6 Å². The Kier molecular flexibility index (Phi) is 4.60. The first kappa shape index (κ1) is 18.2. The van der Waals surface area contributed by atoms with Crippen molar-refractivity contribution in [2.24, 2.45) is 0 Å². The molecule has 0 radical (unpaired) electrons. The van der Waals surface area contributed by atoms with E-state index in [9.17, 15) is 9.18 Å². The number of nitrogens with one attached hydrogen (secondary N) is 2. The Morgan fingerprint density at radius 2 is 2.00 bits per heavy atom. The molecule has 1 aliphatic rings. The van der Waals surface area contributed by atoms with Crippen molar-refractivity contribution in [2.45, 2.75) is 19.9 Å². The SMILES string of the molecule is CC(=O)Nc1nc2n(n1)C(c1c(F)cccc1Cl)C=C(c1ccc(C)cc1)N2. The Hall–Kier alpha value is -3.19. The highest BCUT2D eigenvalue weighted by Crippen LogP contribution is 2.37. The third-order valence-electron chi connectivity index (χ3n) is 4.41. The number of nitrogens with zero attached hydrogens (tertiary/aromatic N) is 3. The van der Waals surface area contributed by atoms with E-state index in [1.54, 1.807) is 12.1 Å². The van der Waals surface area contributed by atoms with Crippen molar-refractivity contribution >= 4 is 35.1 Å². The van der Waals surface area contributed by atoms with Gasteiger partial charge < -0.3 is 5.32 Å². The van der Waals surface area contributed by atoms with Crippen molar-refractivity contribution < 1.29 is 9.18 Å². The summed E-state index contributed by atoms with van der Waals surface area (Å²) in [4.78, 5) is 15.7. The maximum absolute atomic E-state index is 14.7. The second kappa shape index (κ2) is 7.09. The van der Waals surface area contributed by atoms with Gasteiger partial charge in [0.2, 0.25) is 11.9 Å². The zero-order valence-corrected chi connectivity index (χ0v) is 16.0. The van der Waals surface area contributed by atoms with Gasteiger partial charge in [-0.15, -0.1) is 5.10 Å². The second-order valence-corrected chi connectivity index (χ2v) is 6.94. The molecule has 0 aliphatic carbocycles. The van der Waals surface area contributed by atoms with E-state index in [1.807, 2.05) is 37.3 Å². The highest BCUT2D eigenvalue weighted by molar-refractivity contribution is 6.31. The number of benzene rings is 2. The number of allylic oxidation sites excluding steroid dienone is 1. The fraction of sp³-hybridized carbons (Fsp3) is 0.150. The summed E-state index contributed by atoms with van der Waals surface area (Å²) < 4.78 is 16.2. The molecule has 2 N–H and O–H groups in total. The van der Waals surface area contributed by atoms with E-state index in [0.717, 1.165) is 16.8 Å². The van der Waals surface area contributed by atoms with Gasteiger partial charge in [-0.25, -0.2) is 9.07 Å². The third kappa shape index (κ3) is 3.36. The van der Waals surface area contributed by atoms with E-state index in [1.165, 1.54) is 17.7 Å². The van der Waals surface area contributed by atoms with Crippen LogP contribution in [0.1, 0.15) is 29.7 Å². The average molecular weight is 398 g/mol. The summed E-state index contributed by atoms with van der Waals surface area (Å²) in [6.45, 7) is 3.37. The molecular weight excluding hydrogens is 381 g/mol. The summed E-state index contributed by atoms with van der Waals surface area (Å²) in [6, 6.07) is 11.8. The maximum atomic E-state index is 14.7. The first-order valence-corrected chi connectivity index (χ1v) is 9.04. The number of carbonyl (C=O) groups is 1. The molecule has 3 aromatic rings. The van der Waals surface area contributed by atoms with Gasteiger partial charge in [0.25, 0.3) is 5.95 Å². The molecule has 0 saturated heterocycles. The van der Waals surface area contributed by atoms with Crippen LogP contribution in [-0.4, -0.2) is 20.7 Å². The quantitative estimate of drug-likeness (QED) is 0.687. The van der Waals surface area contributed by atoms with E-state index < -0.39 is 11.9 Å². The lowest BCUT2D eigenvalue weighted by Crippen LogP contribution is -2.21. The molecule has 4 rings (SSSR count). The van der Waals surface area contributed by atoms with Gasteiger partial charge in [0.15, 0.2) is 0 Å². The van der Waals surface area contributed by atoms with Crippen LogP contribution in [0, 0.1) is 12.7 Å². The van der Waals surface area contributed by atoms with Crippen LogP contribution < -0.4 is 10.6 Å². The van der Waals surface area contributed by atoms with Gasteiger partial charge in [-0.3, -0.25) is 10.1 Å². The summed E-state index contributed by atoms with van der Waals surface area (Å²) in [5.74, 6) is -0.228. The predicted molar refractivity (Wildman–Crippen MR) is 107 cm³/mol. The standard InChI is InChI=1S/C20H17ClFN5O/c1-11-6-8-13(9-7-11)16-10-17(18-14(21)4-3-5-15(18)22)27-20(24-16)25-19(26-27)23-12(2)28/h3-10,17H,1-2H3,(H2,23,24,25,26,28). The summed E-state index contributed by atoms with van der Waals surface area (Å²) in [5, 5.41) is 10.4. The van der Waals surface area contributed by atoms with Crippen LogP contribution in [0.25, 0.3) is 5.70 Å². The number of halogens is 2. The van der Waals surface area contributed by atoms with Gasteiger partial charge >= 0.3 is 0 Å². The number of fused-ring (bicyclic) bond motifs is 1. The van der Waals surface area contributed by atoms with E-state index in [0.29, 0.717) is 5.95 Å². The van der Waals surface area contributed by atoms with Crippen molar-refractivity contribution in [2.75, 3.05) is 10.6 Å². The third-order valence-corrected chi connectivity index (χ3v) is 4.74. The molecule has 0 spiro atoms. The highest BCUT2D eigenvalue weighted by Gasteiger charge is 2.29. The molecule has 0 bridgehead atoms. The fourth-order valence-electron chi connectivity index (χ4n) is 3.10. The van der Waals surface area contributed by atoms with Gasteiger partial charge in [-0.05, 0) is 30.7 Å². The molecule has 1 aliphatic heterocycles. The van der Waals surface area contributed by atoms with Crippen molar-refractivity contribution in [3.8, 4) is 0 Å². The average Bonchev–Trinajstić information content (AvgIpc) is 3.03. The summed E-state index contributed by atoms with van der Waals surface area (Å²) in [7, 11) is 0. The lowest BCUT2D eigenvalue weighted by molar-refractivity contribution is -0.114. The predicted octanol–water partition coefficient (Wildman–Crippen LogP) is 4.39. The van der Waals surface area contributed by atoms with Crippen molar-refractivity contribution in [1.82, 2.24) is 14.8 Å². The lowest BCUT2D eigenvalue weighted by atomic mass is 10.0. The molecule has 1 amide bonds. The zero-order valence-electron chi connectivity index (χ0n) is 15.2. The number of rotatable bonds is 3. The van der Waals surface area contributed by atoms with Crippen molar-refractivity contribution in [1.29, 1.82) is 0 Å². The number of anilines is 2. The van der Waals surface area contributed by atoms with Crippen LogP contribution in [0.4, 0.5) is 16.3 Å². The van der Waals surface area contributed by atoms with Crippen LogP contribution in [0.3, 0.4) is 0 Å². The number of amides is 1. The van der Waals surface area contributed by atoms with Crippen LogP contribution in [0.15, 0.2) is 48.5 Å². The molecular formula is C20H17ClFN5O. The van der Waals surface area contributed by atoms with Crippen LogP contribution in [0.2, 0.25) is 5.02 Å². The molecule has 2 aromatic carbocycles. The lowest BCUT2D eigenvalue weighted by Gasteiger charge is -2.25. The minimum Gasteiger partial charge on any atom is -0.324 e. The second-order valence-electron chi connectivity index (χ2n) is 6.54. The first-order valence-electron chi connectivity index (χ1n) is 8.66. The number of aromatic nitrogens is 3. The first-order chi connectivity index (χ1) is 13.4. The summed E-state index contributed by atoms with van der Waals surface area (Å²) in [5.41, 5.74) is 3.08. The van der Waals surface area contributed by atoms with Crippen LogP contribution >= 0.6 is 11.6 Å². The number of carbonyl (C=O) groups excluding carboxylic acids is 1. The van der Waals surface area contributed by atoms with Crippen LogP contribution in [0.5, 0.6) is 0 Å². The normalized spacial score (nSPS) is 15.4. The Labute approximate surface area is 166 Å². The minimum absolute atomic E-state index is 0.131. The summed E-state index contributed by atoms with van der Waals surface area (Å²) in [6.07, 6.45) is 1.84. The summed E-state index contributed by atoms with van der Waals surface area (Å²) >= 11 is 6.31. The van der Waals surface area contributed by atoms with E-state index >= 15 is 0 Å². The van der Waals surface area contributed by atoms with Gasteiger partial charge in [0.1, 0.15) is 11.9 Å². The molecule has 8 heteroatoms. The van der Waals surface area contributed by atoms with Gasteiger partial charge in [-0.1, -0.05) is 47.5 Å².